The number of likely N-dealkylation sites (N-methyl/N-ethyl adjacent to an activating group) is 2. The number of carbonyl (C=O) groups excluding carboxylic acids is 4. The average molecular weight is 731 g/mol. The van der Waals surface area contributed by atoms with Crippen LogP contribution in [0.15, 0.2) is 30.3 Å². The van der Waals surface area contributed by atoms with Crippen molar-refractivity contribution in [2.24, 2.45) is 17.3 Å². The second kappa shape index (κ2) is 17.0. The zero-order chi connectivity index (χ0) is 38.7. The Morgan fingerprint density at radius 3 is 2.13 bits per heavy atom. The van der Waals surface area contributed by atoms with Gasteiger partial charge in [-0.1, -0.05) is 32.0 Å². The van der Waals surface area contributed by atoms with Crippen molar-refractivity contribution < 1.29 is 43.2 Å². The van der Waals surface area contributed by atoms with E-state index in [4.69, 9.17) is 18.9 Å². The van der Waals surface area contributed by atoms with Gasteiger partial charge in [-0.2, -0.15) is 0 Å². The van der Waals surface area contributed by atoms with Gasteiger partial charge in [-0.25, -0.2) is 0 Å². The zero-order valence-electron chi connectivity index (χ0n) is 33.0. The van der Waals surface area contributed by atoms with Gasteiger partial charge in [0.15, 0.2) is 12.1 Å². The molecule has 0 aromatic heterocycles. The number of nitrogens with zero attached hydrogens (tertiary/aromatic N) is 4. The van der Waals surface area contributed by atoms with E-state index in [1.165, 1.54) is 13.8 Å². The Balaban J connectivity index is 1.62. The van der Waals surface area contributed by atoms with E-state index in [-0.39, 0.29) is 29.9 Å². The number of ether oxygens (including phenoxy) is 4. The number of ketones is 1. The van der Waals surface area contributed by atoms with Crippen molar-refractivity contribution in [2.45, 2.75) is 110 Å². The van der Waals surface area contributed by atoms with Crippen LogP contribution in [0.1, 0.15) is 71.7 Å². The number of amides is 2. The number of Topliss-reactive ketones (excluding diaryl/α,β-unsaturated/α-hetero) is 1. The Kier molecular flexibility index (Phi) is 13.7. The maximum absolute atomic E-state index is 14.4. The minimum absolute atomic E-state index is 0.0794. The molecule has 292 valence electrons. The van der Waals surface area contributed by atoms with E-state index in [2.05, 4.69) is 0 Å². The molecule has 0 spiro atoms. The van der Waals surface area contributed by atoms with Crippen LogP contribution in [-0.4, -0.2) is 158 Å². The third kappa shape index (κ3) is 9.05. The molecule has 3 fully saturated rings. The molecule has 3 aliphatic rings. The molecule has 13 heteroatoms. The number of piperazine rings is 1. The molecular weight excluding hydrogens is 668 g/mol. The first-order valence-electron chi connectivity index (χ1n) is 18.6. The number of rotatable bonds is 6. The summed E-state index contributed by atoms with van der Waals surface area (Å²) >= 11 is 0. The van der Waals surface area contributed by atoms with Gasteiger partial charge in [-0.15, -0.1) is 0 Å². The molecule has 0 bridgehead atoms. The van der Waals surface area contributed by atoms with Gasteiger partial charge >= 0.3 is 5.97 Å². The Morgan fingerprint density at radius 1 is 0.962 bits per heavy atom. The van der Waals surface area contributed by atoms with Crippen LogP contribution in [-0.2, 0) is 33.3 Å². The summed E-state index contributed by atoms with van der Waals surface area (Å²) in [5.41, 5.74) is -2.07. The molecule has 10 atom stereocenters. The molecule has 13 nitrogen and oxygen atoms in total. The van der Waals surface area contributed by atoms with Gasteiger partial charge < -0.3 is 38.8 Å². The fourth-order valence-corrected chi connectivity index (χ4v) is 8.28. The number of hydrogen-bond acceptors (Lipinski definition) is 11. The molecule has 2 amide bonds. The van der Waals surface area contributed by atoms with Crippen molar-refractivity contribution in [2.75, 3.05) is 61.0 Å². The summed E-state index contributed by atoms with van der Waals surface area (Å²) in [6.07, 6.45) is -3.01. The van der Waals surface area contributed by atoms with Crippen LogP contribution in [0, 0.1) is 17.3 Å². The largest absolute Gasteiger partial charge is 0.460 e. The fourth-order valence-electron chi connectivity index (χ4n) is 8.28. The quantitative estimate of drug-likeness (QED) is 0.342. The molecule has 3 heterocycles. The Bertz CT molecular complexity index is 1400. The van der Waals surface area contributed by atoms with Gasteiger partial charge in [-0.3, -0.25) is 24.1 Å². The summed E-state index contributed by atoms with van der Waals surface area (Å²) in [5, 5.41) is 11.4. The van der Waals surface area contributed by atoms with Crippen LogP contribution in [0.4, 0.5) is 0 Å². The number of methoxy groups -OCH3 is 1. The number of carbonyl (C=O) groups is 4. The number of benzene rings is 1. The third-order valence-electron chi connectivity index (χ3n) is 11.3. The van der Waals surface area contributed by atoms with Crippen molar-refractivity contribution in [1.82, 2.24) is 19.6 Å². The average Bonchev–Trinajstić information content (AvgIpc) is 3.10. The monoisotopic (exact) mass is 730 g/mol. The highest BCUT2D eigenvalue weighted by atomic mass is 16.7. The summed E-state index contributed by atoms with van der Waals surface area (Å²) < 4.78 is 25.0. The SMILES string of the molecule is CO[C@]1(C)C[C@@H](C)CN(C)[C@@H](C(=O)N2CCN(C(=O)c3ccccc3)CC2)[C@H](C)OC(=O)C(C)(C)C(=O)[C@H](C)[C@H]1O[C@@H]1O[C@H](C)C[C@H](N(C)C)[C@H]1O. The van der Waals surface area contributed by atoms with Crippen molar-refractivity contribution in [3.8, 4) is 0 Å². The van der Waals surface area contributed by atoms with E-state index >= 15 is 0 Å². The van der Waals surface area contributed by atoms with Gasteiger partial charge in [0.1, 0.15) is 23.7 Å². The first kappa shape index (κ1) is 41.8. The molecule has 3 saturated heterocycles. The predicted molar refractivity (Wildman–Crippen MR) is 195 cm³/mol. The number of cyclic esters (lactones) is 1. The lowest BCUT2D eigenvalue weighted by Crippen LogP contribution is -2.59. The predicted octanol–water partition coefficient (Wildman–Crippen LogP) is 2.69. The standard InChI is InChI=1S/C39H62N4O9/c1-24-22-39(7,49-11)33(52-36-31(44)29(40(8)9)21-25(2)50-36)26(3)32(45)38(5,6)37(48)51-27(4)30(41(10)23-24)35(47)43-19-17-42(18-20-43)34(46)28-15-13-12-14-16-28/h12-16,24-27,29-31,33,36,44H,17-23H2,1-11H3/t24-,25-,26+,27+,29+,30-,31-,33-,36+,39-/m1/s1. The van der Waals surface area contributed by atoms with Crippen molar-refractivity contribution in [3.05, 3.63) is 35.9 Å². The first-order chi connectivity index (χ1) is 24.3. The molecule has 4 rings (SSSR count). The Hall–Kier alpha value is -2.94. The Morgan fingerprint density at radius 2 is 1.56 bits per heavy atom. The highest BCUT2D eigenvalue weighted by Gasteiger charge is 2.52. The molecular formula is C39H62N4O9. The minimum Gasteiger partial charge on any atom is -0.460 e. The minimum atomic E-state index is -1.61. The molecule has 1 N–H and O–H groups in total. The van der Waals surface area contributed by atoms with Crippen LogP contribution < -0.4 is 0 Å². The van der Waals surface area contributed by atoms with Crippen LogP contribution >= 0.6 is 0 Å². The highest BCUT2D eigenvalue weighted by molar-refractivity contribution is 6.04. The molecule has 1 aromatic rings. The zero-order valence-corrected chi connectivity index (χ0v) is 33.0. The lowest BCUT2D eigenvalue weighted by molar-refractivity contribution is -0.295. The van der Waals surface area contributed by atoms with Gasteiger partial charge in [0.2, 0.25) is 5.91 Å². The summed E-state index contributed by atoms with van der Waals surface area (Å²) in [6.45, 7) is 14.2. The topological polar surface area (TPSA) is 138 Å². The molecule has 1 aromatic carbocycles. The second-order valence-electron chi connectivity index (χ2n) is 16.2. The lowest BCUT2D eigenvalue weighted by Gasteiger charge is -2.47. The maximum atomic E-state index is 14.4. The van der Waals surface area contributed by atoms with Crippen molar-refractivity contribution >= 4 is 23.6 Å². The summed E-state index contributed by atoms with van der Waals surface area (Å²) in [6, 6.07) is 8.00. The van der Waals surface area contributed by atoms with E-state index in [1.807, 2.05) is 69.9 Å². The molecule has 0 unspecified atom stereocenters. The van der Waals surface area contributed by atoms with E-state index < -0.39 is 59.3 Å². The van der Waals surface area contributed by atoms with E-state index in [0.29, 0.717) is 51.1 Å². The molecule has 0 aliphatic carbocycles. The van der Waals surface area contributed by atoms with Gasteiger partial charge in [0.25, 0.3) is 5.91 Å². The number of aliphatic hydroxyl groups is 1. The fraction of sp³-hybridized carbons (Fsp3) is 0.744. The maximum Gasteiger partial charge on any atom is 0.319 e. The van der Waals surface area contributed by atoms with Crippen molar-refractivity contribution in [3.63, 3.8) is 0 Å². The lowest BCUT2D eigenvalue weighted by atomic mass is 9.74. The van der Waals surface area contributed by atoms with Crippen LogP contribution in [0.5, 0.6) is 0 Å². The highest BCUT2D eigenvalue weighted by Crippen LogP contribution is 2.38. The smallest absolute Gasteiger partial charge is 0.319 e. The van der Waals surface area contributed by atoms with Gasteiger partial charge in [-0.05, 0) is 86.7 Å². The third-order valence-corrected chi connectivity index (χ3v) is 11.3. The van der Waals surface area contributed by atoms with Gasteiger partial charge in [0.05, 0.1) is 17.8 Å². The normalized spacial score (nSPS) is 35.7. The number of hydrogen-bond donors (Lipinski definition) is 1. The molecule has 52 heavy (non-hydrogen) atoms. The molecule has 0 radical (unpaired) electrons. The van der Waals surface area contributed by atoms with Crippen LogP contribution in [0.2, 0.25) is 0 Å². The molecule has 0 saturated carbocycles. The second-order valence-corrected chi connectivity index (χ2v) is 16.2. The summed E-state index contributed by atoms with van der Waals surface area (Å²) in [4.78, 5) is 63.1. The van der Waals surface area contributed by atoms with E-state index in [0.717, 1.165) is 0 Å². The van der Waals surface area contributed by atoms with Crippen molar-refractivity contribution in [1.29, 1.82) is 0 Å². The number of aliphatic hydroxyl groups excluding tert-OH is 1. The summed E-state index contributed by atoms with van der Waals surface area (Å²) in [7, 11) is 7.20. The van der Waals surface area contributed by atoms with Crippen LogP contribution in [0.3, 0.4) is 0 Å². The van der Waals surface area contributed by atoms with Gasteiger partial charge in [0, 0.05) is 57.4 Å². The van der Waals surface area contributed by atoms with E-state index in [9.17, 15) is 24.3 Å². The summed E-state index contributed by atoms with van der Waals surface area (Å²) in [5.74, 6) is -2.40. The van der Waals surface area contributed by atoms with Crippen LogP contribution in [0.25, 0.3) is 0 Å². The molecule has 3 aliphatic heterocycles. The number of esters is 1. The van der Waals surface area contributed by atoms with E-state index in [1.54, 1.807) is 42.9 Å². The first-order valence-corrected chi connectivity index (χ1v) is 18.6. The Labute approximate surface area is 309 Å².